The van der Waals surface area contributed by atoms with Crippen LogP contribution in [0.3, 0.4) is 0 Å². The molecule has 1 amide bonds. The number of methoxy groups -OCH3 is 1. The average Bonchev–Trinajstić information content (AvgIpc) is 2.72. The summed E-state index contributed by atoms with van der Waals surface area (Å²) in [7, 11) is 3.38. The number of carbonyl (C=O) groups is 1. The Morgan fingerprint density at radius 3 is 3.08 bits per heavy atom. The highest BCUT2D eigenvalue weighted by Crippen LogP contribution is 2.20. The summed E-state index contributed by atoms with van der Waals surface area (Å²) in [4.78, 5) is 23.0. The molecule has 1 N–H and O–H groups in total. The van der Waals surface area contributed by atoms with Gasteiger partial charge in [0.25, 0.3) is 5.91 Å². The van der Waals surface area contributed by atoms with Crippen LogP contribution in [-0.2, 0) is 11.2 Å². The molecule has 0 unspecified atom stereocenters. The van der Waals surface area contributed by atoms with Crippen molar-refractivity contribution in [3.05, 3.63) is 47.8 Å². The van der Waals surface area contributed by atoms with Gasteiger partial charge in [0.15, 0.2) is 0 Å². The highest BCUT2D eigenvalue weighted by Gasteiger charge is 2.27. The van der Waals surface area contributed by atoms with Gasteiger partial charge in [-0.3, -0.25) is 4.79 Å². The lowest BCUT2D eigenvalue weighted by Gasteiger charge is -2.33. The van der Waals surface area contributed by atoms with E-state index >= 15 is 0 Å². The van der Waals surface area contributed by atoms with Crippen molar-refractivity contribution < 1.29 is 14.3 Å². The molecule has 1 atom stereocenters. The maximum absolute atomic E-state index is 12.8. The molecule has 0 aliphatic carbocycles. The number of aryl methyl sites for hydroxylation is 1. The fourth-order valence-electron chi connectivity index (χ4n) is 3.06. The van der Waals surface area contributed by atoms with Crippen LogP contribution in [0.15, 0.2) is 36.7 Å². The Balaban J connectivity index is 1.61. The number of hydrogen-bond acceptors (Lipinski definition) is 6. The zero-order chi connectivity index (χ0) is 18.4. The third kappa shape index (κ3) is 4.29. The molecule has 0 saturated carbocycles. The minimum Gasteiger partial charge on any atom is -0.480 e. The molecule has 3 rings (SSSR count). The molecule has 0 spiro atoms. The molecular weight excluding hydrogens is 332 g/mol. The number of anilines is 1. The van der Waals surface area contributed by atoms with Crippen LogP contribution < -0.4 is 10.1 Å². The van der Waals surface area contributed by atoms with Gasteiger partial charge in [-0.25, -0.2) is 9.97 Å². The van der Waals surface area contributed by atoms with E-state index in [4.69, 9.17) is 9.47 Å². The minimum absolute atomic E-state index is 0.0153. The van der Waals surface area contributed by atoms with Gasteiger partial charge in [0.2, 0.25) is 5.88 Å². The van der Waals surface area contributed by atoms with Crippen molar-refractivity contribution in [3.8, 4) is 5.88 Å². The number of aromatic nitrogens is 2. The second-order valence-electron chi connectivity index (χ2n) is 6.14. The van der Waals surface area contributed by atoms with Crippen LogP contribution in [0.5, 0.6) is 5.88 Å². The zero-order valence-electron chi connectivity index (χ0n) is 15.1. The molecule has 1 aliphatic rings. The smallest absolute Gasteiger partial charge is 0.259 e. The Kier molecular flexibility index (Phi) is 6.01. The van der Waals surface area contributed by atoms with E-state index in [1.807, 2.05) is 24.1 Å². The minimum atomic E-state index is -0.0652. The first-order chi connectivity index (χ1) is 12.7. The van der Waals surface area contributed by atoms with Crippen LogP contribution in [0.4, 0.5) is 5.82 Å². The predicted molar refractivity (Wildman–Crippen MR) is 98.5 cm³/mol. The summed E-state index contributed by atoms with van der Waals surface area (Å²) >= 11 is 0. The zero-order valence-corrected chi connectivity index (χ0v) is 15.1. The molecule has 7 nitrogen and oxygen atoms in total. The van der Waals surface area contributed by atoms with Crippen molar-refractivity contribution >= 4 is 11.7 Å². The Morgan fingerprint density at radius 1 is 1.38 bits per heavy atom. The summed E-state index contributed by atoms with van der Waals surface area (Å²) in [5, 5.41) is 3.04. The molecule has 0 bridgehead atoms. The van der Waals surface area contributed by atoms with Crippen molar-refractivity contribution in [2.75, 3.05) is 39.2 Å². The van der Waals surface area contributed by atoms with Gasteiger partial charge in [0.1, 0.15) is 11.4 Å². The Labute approximate surface area is 153 Å². The van der Waals surface area contributed by atoms with Crippen LogP contribution in [-0.4, -0.2) is 60.7 Å². The van der Waals surface area contributed by atoms with Crippen molar-refractivity contribution in [2.45, 2.75) is 18.9 Å². The summed E-state index contributed by atoms with van der Waals surface area (Å²) in [5.74, 6) is 1.15. The highest BCUT2D eigenvalue weighted by molar-refractivity contribution is 5.96. The van der Waals surface area contributed by atoms with Gasteiger partial charge < -0.3 is 19.7 Å². The van der Waals surface area contributed by atoms with E-state index in [0.717, 1.165) is 18.7 Å². The summed E-state index contributed by atoms with van der Waals surface area (Å²) in [5.41, 5.74) is 1.69. The quantitative estimate of drug-likeness (QED) is 0.853. The Bertz CT molecular complexity index is 753. The number of morpholine rings is 1. The van der Waals surface area contributed by atoms with Gasteiger partial charge in [0.05, 0.1) is 19.8 Å². The molecule has 1 saturated heterocycles. The third-order valence-corrected chi connectivity index (χ3v) is 4.46. The molecule has 2 aromatic rings. The number of ether oxygens (including phenoxy) is 2. The molecule has 1 aliphatic heterocycles. The predicted octanol–water partition coefficient (Wildman–Crippen LogP) is 2.00. The molecule has 7 heteroatoms. The van der Waals surface area contributed by atoms with E-state index in [-0.39, 0.29) is 12.0 Å². The molecule has 138 valence electrons. The molecule has 0 aromatic carbocycles. The first kappa shape index (κ1) is 18.1. The summed E-state index contributed by atoms with van der Waals surface area (Å²) in [6.45, 7) is 1.69. The fraction of sp³-hybridized carbons (Fsp3) is 0.421. The standard InChI is InChI=1S/C19H24N4O3/c1-20-17-12-14(7-9-21-17)5-6-15-13-23(10-11-26-15)19(24)16-4-3-8-22-18(16)25-2/h3-4,7-9,12,15H,5-6,10-11,13H2,1-2H3,(H,20,21)/t15-/m1/s1. The Hall–Kier alpha value is -2.67. The van der Waals surface area contributed by atoms with Crippen LogP contribution in [0, 0.1) is 0 Å². The number of carbonyl (C=O) groups excluding carboxylic acids is 1. The molecule has 2 aromatic heterocycles. The number of pyridine rings is 2. The van der Waals surface area contributed by atoms with E-state index in [1.165, 1.54) is 12.7 Å². The van der Waals surface area contributed by atoms with Crippen LogP contribution in [0.1, 0.15) is 22.3 Å². The SMILES string of the molecule is CNc1cc(CC[C@@H]2CN(C(=O)c3cccnc3OC)CCO2)ccn1. The second-order valence-corrected chi connectivity index (χ2v) is 6.14. The van der Waals surface area contributed by atoms with Crippen molar-refractivity contribution in [1.29, 1.82) is 0 Å². The van der Waals surface area contributed by atoms with Gasteiger partial charge in [-0.15, -0.1) is 0 Å². The molecule has 26 heavy (non-hydrogen) atoms. The largest absolute Gasteiger partial charge is 0.480 e. The van der Waals surface area contributed by atoms with Crippen molar-refractivity contribution in [2.24, 2.45) is 0 Å². The highest BCUT2D eigenvalue weighted by atomic mass is 16.5. The first-order valence-electron chi connectivity index (χ1n) is 8.74. The topological polar surface area (TPSA) is 76.6 Å². The maximum Gasteiger partial charge on any atom is 0.259 e. The van der Waals surface area contributed by atoms with Gasteiger partial charge in [-0.2, -0.15) is 0 Å². The van der Waals surface area contributed by atoms with Gasteiger partial charge in [-0.05, 0) is 42.7 Å². The van der Waals surface area contributed by atoms with Gasteiger partial charge in [-0.1, -0.05) is 0 Å². The molecule has 0 radical (unpaired) electrons. The third-order valence-electron chi connectivity index (χ3n) is 4.46. The lowest BCUT2D eigenvalue weighted by molar-refractivity contribution is -0.0247. The van der Waals surface area contributed by atoms with Crippen LogP contribution in [0.2, 0.25) is 0 Å². The average molecular weight is 356 g/mol. The second kappa shape index (κ2) is 8.62. The van der Waals surface area contributed by atoms with Crippen molar-refractivity contribution in [3.63, 3.8) is 0 Å². The number of hydrogen-bond donors (Lipinski definition) is 1. The lowest BCUT2D eigenvalue weighted by Crippen LogP contribution is -2.45. The molecule has 1 fully saturated rings. The summed E-state index contributed by atoms with van der Waals surface area (Å²) in [6, 6.07) is 7.53. The van der Waals surface area contributed by atoms with Crippen molar-refractivity contribution in [1.82, 2.24) is 14.9 Å². The number of amides is 1. The van der Waals surface area contributed by atoms with Crippen LogP contribution in [0.25, 0.3) is 0 Å². The summed E-state index contributed by atoms with van der Waals surface area (Å²) in [6.07, 6.45) is 5.15. The summed E-state index contributed by atoms with van der Waals surface area (Å²) < 4.78 is 11.1. The van der Waals surface area contributed by atoms with E-state index in [0.29, 0.717) is 31.1 Å². The van der Waals surface area contributed by atoms with E-state index in [9.17, 15) is 4.79 Å². The van der Waals surface area contributed by atoms with Crippen LogP contribution >= 0.6 is 0 Å². The monoisotopic (exact) mass is 356 g/mol. The first-order valence-corrected chi connectivity index (χ1v) is 8.74. The Morgan fingerprint density at radius 2 is 2.27 bits per heavy atom. The number of nitrogens with one attached hydrogen (secondary N) is 1. The van der Waals surface area contributed by atoms with Gasteiger partial charge >= 0.3 is 0 Å². The maximum atomic E-state index is 12.8. The fourth-order valence-corrected chi connectivity index (χ4v) is 3.06. The molecule has 3 heterocycles. The lowest BCUT2D eigenvalue weighted by atomic mass is 10.1. The van der Waals surface area contributed by atoms with E-state index in [1.54, 1.807) is 24.5 Å². The number of nitrogens with zero attached hydrogens (tertiary/aromatic N) is 3. The van der Waals surface area contributed by atoms with E-state index in [2.05, 4.69) is 15.3 Å². The van der Waals surface area contributed by atoms with Gasteiger partial charge in [0, 0.05) is 32.5 Å². The number of rotatable bonds is 6. The normalized spacial score (nSPS) is 17.0. The van der Waals surface area contributed by atoms with E-state index < -0.39 is 0 Å². The molecular formula is C19H24N4O3.